The van der Waals surface area contributed by atoms with Crippen LogP contribution < -0.4 is 4.72 Å². The molecule has 0 aliphatic rings. The van der Waals surface area contributed by atoms with E-state index in [4.69, 9.17) is 16.3 Å². The minimum absolute atomic E-state index is 0.190. The van der Waals surface area contributed by atoms with Crippen molar-refractivity contribution < 1.29 is 13.2 Å². The van der Waals surface area contributed by atoms with Crippen molar-refractivity contribution in [2.75, 3.05) is 19.8 Å². The van der Waals surface area contributed by atoms with Crippen LogP contribution in [0.1, 0.15) is 13.3 Å². The van der Waals surface area contributed by atoms with Crippen LogP contribution in [0.15, 0.2) is 27.6 Å². The summed E-state index contributed by atoms with van der Waals surface area (Å²) < 4.78 is 32.0. The van der Waals surface area contributed by atoms with Crippen molar-refractivity contribution in [1.29, 1.82) is 0 Å². The summed E-state index contributed by atoms with van der Waals surface area (Å²) in [5.74, 6) is 0. The van der Waals surface area contributed by atoms with Gasteiger partial charge in [-0.25, -0.2) is 13.1 Å². The zero-order chi connectivity index (χ0) is 13.6. The quantitative estimate of drug-likeness (QED) is 0.764. The Morgan fingerprint density at radius 2 is 2.17 bits per heavy atom. The van der Waals surface area contributed by atoms with E-state index in [-0.39, 0.29) is 4.90 Å². The lowest BCUT2D eigenvalue weighted by atomic mass is 10.4. The minimum atomic E-state index is -3.48. The van der Waals surface area contributed by atoms with Gasteiger partial charge in [-0.05, 0) is 47.5 Å². The molecule has 0 saturated carbocycles. The molecule has 0 saturated heterocycles. The molecule has 0 radical (unpaired) electrons. The van der Waals surface area contributed by atoms with E-state index in [1.165, 1.54) is 12.1 Å². The van der Waals surface area contributed by atoms with E-state index in [0.29, 0.717) is 35.7 Å². The number of halogens is 2. The number of hydrogen-bond acceptors (Lipinski definition) is 3. The van der Waals surface area contributed by atoms with Gasteiger partial charge < -0.3 is 4.74 Å². The van der Waals surface area contributed by atoms with Gasteiger partial charge in [0.15, 0.2) is 0 Å². The molecule has 0 atom stereocenters. The summed E-state index contributed by atoms with van der Waals surface area (Å²) in [6, 6.07) is 4.49. The molecule has 1 N–H and O–H groups in total. The van der Waals surface area contributed by atoms with E-state index >= 15 is 0 Å². The summed E-state index contributed by atoms with van der Waals surface area (Å²) in [7, 11) is -3.48. The predicted molar refractivity (Wildman–Crippen MR) is 75.5 cm³/mol. The molecular formula is C11H15BrClNO3S. The van der Waals surface area contributed by atoms with Crippen LogP contribution in [0, 0.1) is 0 Å². The molecule has 0 aromatic heterocycles. The van der Waals surface area contributed by atoms with Gasteiger partial charge >= 0.3 is 0 Å². The zero-order valence-electron chi connectivity index (χ0n) is 9.95. The largest absolute Gasteiger partial charge is 0.382 e. The molecule has 0 aliphatic carbocycles. The van der Waals surface area contributed by atoms with Crippen LogP contribution in [0.3, 0.4) is 0 Å². The first kappa shape index (κ1) is 15.9. The fourth-order valence-corrected chi connectivity index (χ4v) is 3.00. The topological polar surface area (TPSA) is 55.4 Å². The van der Waals surface area contributed by atoms with Crippen molar-refractivity contribution in [1.82, 2.24) is 4.72 Å². The van der Waals surface area contributed by atoms with Crippen LogP contribution in [0.5, 0.6) is 0 Å². The van der Waals surface area contributed by atoms with Crippen LogP contribution in [-0.2, 0) is 14.8 Å². The van der Waals surface area contributed by atoms with E-state index in [0.717, 1.165) is 0 Å². The Morgan fingerprint density at radius 3 is 2.78 bits per heavy atom. The highest BCUT2D eigenvalue weighted by Crippen LogP contribution is 2.25. The fraction of sp³-hybridized carbons (Fsp3) is 0.455. The highest BCUT2D eigenvalue weighted by Gasteiger charge is 2.14. The average Bonchev–Trinajstić information content (AvgIpc) is 2.32. The first-order valence-corrected chi connectivity index (χ1v) is 8.15. The van der Waals surface area contributed by atoms with Crippen LogP contribution in [0.2, 0.25) is 5.02 Å². The molecule has 18 heavy (non-hydrogen) atoms. The van der Waals surface area contributed by atoms with E-state index in [1.807, 2.05) is 6.92 Å². The number of nitrogens with one attached hydrogen (secondary N) is 1. The molecule has 0 spiro atoms. The molecule has 4 nitrogen and oxygen atoms in total. The molecule has 1 aromatic carbocycles. The Kier molecular flexibility index (Phi) is 6.59. The third-order valence-corrected chi connectivity index (χ3v) is 4.84. The SMILES string of the molecule is CCOCCCNS(=O)(=O)c1ccc(Cl)c(Br)c1. The summed E-state index contributed by atoms with van der Waals surface area (Å²) >= 11 is 9.01. The molecular weight excluding hydrogens is 342 g/mol. The summed E-state index contributed by atoms with van der Waals surface area (Å²) in [6.45, 7) is 3.43. The van der Waals surface area contributed by atoms with Crippen LogP contribution in [-0.4, -0.2) is 28.2 Å². The van der Waals surface area contributed by atoms with Crippen molar-refractivity contribution >= 4 is 37.6 Å². The number of hydrogen-bond donors (Lipinski definition) is 1. The maximum absolute atomic E-state index is 11.9. The van der Waals surface area contributed by atoms with Gasteiger partial charge in [0.1, 0.15) is 0 Å². The molecule has 0 fully saturated rings. The van der Waals surface area contributed by atoms with Crippen molar-refractivity contribution in [2.24, 2.45) is 0 Å². The fourth-order valence-electron chi connectivity index (χ4n) is 1.25. The maximum Gasteiger partial charge on any atom is 0.240 e. The molecule has 0 heterocycles. The van der Waals surface area contributed by atoms with Gasteiger partial charge in [-0.1, -0.05) is 11.6 Å². The average molecular weight is 357 g/mol. The second-order valence-electron chi connectivity index (χ2n) is 3.52. The normalized spacial score (nSPS) is 11.7. The van der Waals surface area contributed by atoms with Crippen molar-refractivity contribution in [3.05, 3.63) is 27.7 Å². The molecule has 0 unspecified atom stereocenters. The molecule has 1 rings (SSSR count). The molecule has 0 bridgehead atoms. The van der Waals surface area contributed by atoms with Gasteiger partial charge in [0.05, 0.1) is 9.92 Å². The summed E-state index contributed by atoms with van der Waals surface area (Å²) in [5.41, 5.74) is 0. The Hall–Kier alpha value is -0.140. The monoisotopic (exact) mass is 355 g/mol. The molecule has 0 amide bonds. The van der Waals surface area contributed by atoms with Crippen LogP contribution >= 0.6 is 27.5 Å². The Balaban J connectivity index is 2.60. The summed E-state index contributed by atoms with van der Waals surface area (Å²) in [6.07, 6.45) is 0.641. The van der Waals surface area contributed by atoms with E-state index < -0.39 is 10.0 Å². The predicted octanol–water partition coefficient (Wildman–Crippen LogP) is 2.81. The zero-order valence-corrected chi connectivity index (χ0v) is 13.1. The molecule has 102 valence electrons. The lowest BCUT2D eigenvalue weighted by Gasteiger charge is -2.07. The summed E-state index contributed by atoms with van der Waals surface area (Å²) in [4.78, 5) is 0.190. The van der Waals surface area contributed by atoms with Crippen LogP contribution in [0.25, 0.3) is 0 Å². The Morgan fingerprint density at radius 1 is 1.44 bits per heavy atom. The smallest absolute Gasteiger partial charge is 0.240 e. The third-order valence-electron chi connectivity index (χ3n) is 2.16. The first-order chi connectivity index (χ1) is 8.47. The maximum atomic E-state index is 11.9. The minimum Gasteiger partial charge on any atom is -0.382 e. The van der Waals surface area contributed by atoms with E-state index in [2.05, 4.69) is 20.7 Å². The van der Waals surface area contributed by atoms with Gasteiger partial charge in [-0.2, -0.15) is 0 Å². The Bertz CT molecular complexity index is 493. The molecule has 0 aliphatic heterocycles. The number of rotatable bonds is 7. The first-order valence-electron chi connectivity index (χ1n) is 5.50. The number of sulfonamides is 1. The van der Waals surface area contributed by atoms with Gasteiger partial charge in [-0.3, -0.25) is 0 Å². The molecule has 7 heteroatoms. The lowest BCUT2D eigenvalue weighted by Crippen LogP contribution is -2.25. The molecule has 1 aromatic rings. The van der Waals surface area contributed by atoms with Crippen molar-refractivity contribution in [3.8, 4) is 0 Å². The standard InChI is InChI=1S/C11H15BrClNO3S/c1-2-17-7-3-6-14-18(15,16)9-4-5-11(13)10(12)8-9/h4-5,8,14H,2-3,6-7H2,1H3. The number of ether oxygens (including phenoxy) is 1. The van der Waals surface area contributed by atoms with Crippen LogP contribution in [0.4, 0.5) is 0 Å². The van der Waals surface area contributed by atoms with Gasteiger partial charge in [0.2, 0.25) is 10.0 Å². The van der Waals surface area contributed by atoms with E-state index in [9.17, 15) is 8.42 Å². The summed E-state index contributed by atoms with van der Waals surface area (Å²) in [5, 5.41) is 0.477. The Labute approximate surface area is 121 Å². The second kappa shape index (κ2) is 7.45. The second-order valence-corrected chi connectivity index (χ2v) is 6.55. The van der Waals surface area contributed by atoms with Gasteiger partial charge in [0, 0.05) is 24.2 Å². The number of benzene rings is 1. The van der Waals surface area contributed by atoms with Crippen molar-refractivity contribution in [3.63, 3.8) is 0 Å². The van der Waals surface area contributed by atoms with E-state index in [1.54, 1.807) is 6.07 Å². The van der Waals surface area contributed by atoms with Gasteiger partial charge in [0.25, 0.3) is 0 Å². The highest BCUT2D eigenvalue weighted by atomic mass is 79.9. The van der Waals surface area contributed by atoms with Crippen molar-refractivity contribution in [2.45, 2.75) is 18.2 Å². The lowest BCUT2D eigenvalue weighted by molar-refractivity contribution is 0.146. The highest BCUT2D eigenvalue weighted by molar-refractivity contribution is 9.10. The third kappa shape index (κ3) is 4.85. The van der Waals surface area contributed by atoms with Gasteiger partial charge in [-0.15, -0.1) is 0 Å².